The number of hydrogen-bond donors (Lipinski definition) is 2. The predicted molar refractivity (Wildman–Crippen MR) is 132 cm³/mol. The minimum absolute atomic E-state index is 0.0522. The molecule has 180 valence electrons. The lowest BCUT2D eigenvalue weighted by atomic mass is 9.85. The Morgan fingerprint density at radius 2 is 2.06 bits per heavy atom. The van der Waals surface area contributed by atoms with Crippen LogP contribution in [0.3, 0.4) is 0 Å². The van der Waals surface area contributed by atoms with Gasteiger partial charge in [-0.05, 0) is 51.1 Å². The summed E-state index contributed by atoms with van der Waals surface area (Å²) in [4.78, 5) is 24.0. The molecule has 0 spiro atoms. The largest absolute Gasteiger partial charge is 0.372 e. The van der Waals surface area contributed by atoms with E-state index in [1.807, 2.05) is 19.2 Å². The molecule has 4 heterocycles. The first kappa shape index (κ1) is 22.5. The molecule has 34 heavy (non-hydrogen) atoms. The Bertz CT molecular complexity index is 1170. The van der Waals surface area contributed by atoms with Crippen molar-refractivity contribution in [3.8, 4) is 11.4 Å². The van der Waals surface area contributed by atoms with E-state index in [2.05, 4.69) is 35.8 Å². The third kappa shape index (κ3) is 4.82. The highest BCUT2D eigenvalue weighted by atomic mass is 16.1. The average molecular weight is 464 g/mol. The molecule has 1 saturated carbocycles. The number of aromatic nitrogens is 6. The third-order valence-corrected chi connectivity index (χ3v) is 7.09. The first-order valence-electron chi connectivity index (χ1n) is 12.2. The van der Waals surface area contributed by atoms with Crippen LogP contribution in [0.15, 0.2) is 41.7 Å². The van der Waals surface area contributed by atoms with Crippen molar-refractivity contribution in [3.05, 3.63) is 47.3 Å². The van der Waals surface area contributed by atoms with E-state index in [1.165, 1.54) is 25.7 Å². The number of pyridine rings is 1. The van der Waals surface area contributed by atoms with E-state index in [-0.39, 0.29) is 11.7 Å². The van der Waals surface area contributed by atoms with Crippen LogP contribution in [0.4, 0.5) is 11.5 Å². The lowest BCUT2D eigenvalue weighted by Crippen LogP contribution is -2.47. The van der Waals surface area contributed by atoms with Gasteiger partial charge in [0, 0.05) is 44.1 Å². The van der Waals surface area contributed by atoms with Crippen LogP contribution in [0.5, 0.6) is 0 Å². The minimum Gasteiger partial charge on any atom is -0.372 e. The molecular weight excluding hydrogens is 430 g/mol. The van der Waals surface area contributed by atoms with E-state index in [4.69, 9.17) is 0 Å². The Morgan fingerprint density at radius 3 is 2.82 bits per heavy atom. The second-order valence-corrected chi connectivity index (χ2v) is 9.38. The fourth-order valence-corrected chi connectivity index (χ4v) is 4.71. The van der Waals surface area contributed by atoms with Gasteiger partial charge in [0.1, 0.15) is 23.4 Å². The summed E-state index contributed by atoms with van der Waals surface area (Å²) in [5.41, 5.74) is 2.17. The molecule has 0 amide bonds. The monoisotopic (exact) mass is 463 g/mol. The van der Waals surface area contributed by atoms with E-state index in [0.29, 0.717) is 23.2 Å². The molecular formula is C24H33N9O. The zero-order chi connectivity index (χ0) is 23.5. The van der Waals surface area contributed by atoms with Gasteiger partial charge in [-0.25, -0.2) is 9.67 Å². The molecule has 0 bridgehead atoms. The normalized spacial score (nSPS) is 19.6. The molecule has 0 radical (unpaired) electrons. The molecule has 2 N–H and O–H groups in total. The summed E-state index contributed by atoms with van der Waals surface area (Å²) in [5.74, 6) is 1.52. The molecule has 3 aromatic heterocycles. The van der Waals surface area contributed by atoms with Gasteiger partial charge in [-0.15, -0.1) is 5.10 Å². The third-order valence-electron chi connectivity index (χ3n) is 7.09. The second-order valence-electron chi connectivity index (χ2n) is 9.38. The number of nitrogens with one attached hydrogen (secondary N) is 2. The number of nitrogens with zero attached hydrogens (tertiary/aromatic N) is 7. The second kappa shape index (κ2) is 9.92. The highest BCUT2D eigenvalue weighted by Gasteiger charge is 2.23. The van der Waals surface area contributed by atoms with Crippen LogP contribution >= 0.6 is 0 Å². The Labute approximate surface area is 199 Å². The number of rotatable bonds is 8. The fourth-order valence-electron chi connectivity index (χ4n) is 4.71. The lowest BCUT2D eigenvalue weighted by Gasteiger charge is -2.36. The quantitative estimate of drug-likeness (QED) is 0.525. The van der Waals surface area contributed by atoms with E-state index in [9.17, 15) is 4.79 Å². The maximum atomic E-state index is 13.0. The van der Waals surface area contributed by atoms with E-state index in [1.54, 1.807) is 41.0 Å². The number of anilines is 2. The van der Waals surface area contributed by atoms with Gasteiger partial charge in [-0.2, -0.15) is 0 Å². The van der Waals surface area contributed by atoms with Gasteiger partial charge in [-0.1, -0.05) is 11.6 Å². The zero-order valence-electron chi connectivity index (χ0n) is 19.9. The summed E-state index contributed by atoms with van der Waals surface area (Å²) in [6, 6.07) is 4.27. The number of piperidine rings is 1. The standard InChI is InChI=1S/C24H33N9O/c1-17(33-16-22(29-30-33)21-13-26-14-23(25-2)28-21)32-10-8-20(11-24(32)34)31-9-4-7-19(15-31)27-12-18-5-3-6-18/h8,10-11,13-14,16-19,27H,3-7,9,12,15H2,1-2H3,(H,25,28)/t17?,19-/m1/s1. The van der Waals surface area contributed by atoms with Crippen LogP contribution in [-0.2, 0) is 0 Å². The van der Waals surface area contributed by atoms with Crippen molar-refractivity contribution < 1.29 is 0 Å². The highest BCUT2D eigenvalue weighted by Crippen LogP contribution is 2.26. The average Bonchev–Trinajstić information content (AvgIpc) is 3.33. The molecule has 1 aliphatic carbocycles. The Kier molecular flexibility index (Phi) is 6.57. The van der Waals surface area contributed by atoms with Crippen molar-refractivity contribution >= 4 is 11.5 Å². The van der Waals surface area contributed by atoms with E-state index >= 15 is 0 Å². The molecule has 0 aromatic carbocycles. The van der Waals surface area contributed by atoms with Gasteiger partial charge >= 0.3 is 0 Å². The van der Waals surface area contributed by atoms with Crippen LogP contribution in [0.25, 0.3) is 11.4 Å². The van der Waals surface area contributed by atoms with E-state index in [0.717, 1.165) is 37.7 Å². The van der Waals surface area contributed by atoms with Crippen molar-refractivity contribution in [1.29, 1.82) is 0 Å². The molecule has 10 heteroatoms. The zero-order valence-corrected chi connectivity index (χ0v) is 19.9. The van der Waals surface area contributed by atoms with Crippen LogP contribution in [0.1, 0.15) is 45.2 Å². The molecule has 2 fully saturated rings. The molecule has 1 unspecified atom stereocenters. The lowest BCUT2D eigenvalue weighted by molar-refractivity contribution is 0.280. The van der Waals surface area contributed by atoms with E-state index < -0.39 is 0 Å². The molecule has 3 aromatic rings. The first-order chi connectivity index (χ1) is 16.6. The topological polar surface area (TPSA) is 106 Å². The summed E-state index contributed by atoms with van der Waals surface area (Å²) in [7, 11) is 1.79. The number of hydrogen-bond acceptors (Lipinski definition) is 8. The van der Waals surface area contributed by atoms with Crippen LogP contribution < -0.4 is 21.1 Å². The predicted octanol–water partition coefficient (Wildman–Crippen LogP) is 2.36. The van der Waals surface area contributed by atoms with Crippen LogP contribution in [0, 0.1) is 5.92 Å². The molecule has 10 nitrogen and oxygen atoms in total. The Balaban J connectivity index is 1.27. The highest BCUT2D eigenvalue weighted by molar-refractivity contribution is 5.53. The SMILES string of the molecule is CNc1cncc(-c2cn(C(C)n3ccc(N4CCC[C@@H](NCC5CCC5)C4)cc3=O)nn2)n1. The maximum absolute atomic E-state index is 13.0. The van der Waals surface area contributed by atoms with Gasteiger partial charge in [0.05, 0.1) is 18.6 Å². The van der Waals surface area contributed by atoms with Gasteiger partial charge < -0.3 is 15.5 Å². The molecule has 2 atom stereocenters. The van der Waals surface area contributed by atoms with Crippen LogP contribution in [-0.4, -0.2) is 62.3 Å². The summed E-state index contributed by atoms with van der Waals surface area (Å²) in [6.07, 6.45) is 13.1. The van der Waals surface area contributed by atoms with Crippen molar-refractivity contribution in [3.63, 3.8) is 0 Å². The minimum atomic E-state index is -0.318. The van der Waals surface area contributed by atoms with Gasteiger partial charge in [-0.3, -0.25) is 14.3 Å². The Morgan fingerprint density at radius 1 is 1.18 bits per heavy atom. The summed E-state index contributed by atoms with van der Waals surface area (Å²) in [6.45, 7) is 4.99. The molecule has 2 aliphatic rings. The Hall–Kier alpha value is -3.27. The summed E-state index contributed by atoms with van der Waals surface area (Å²) >= 11 is 0. The first-order valence-corrected chi connectivity index (χ1v) is 12.2. The molecule has 5 rings (SSSR count). The van der Waals surface area contributed by atoms with Crippen molar-refractivity contribution in [2.24, 2.45) is 5.92 Å². The van der Waals surface area contributed by atoms with Crippen molar-refractivity contribution in [1.82, 2.24) is 34.8 Å². The molecule has 1 saturated heterocycles. The smallest absolute Gasteiger partial charge is 0.254 e. The van der Waals surface area contributed by atoms with Gasteiger partial charge in [0.15, 0.2) is 0 Å². The van der Waals surface area contributed by atoms with Gasteiger partial charge in [0.25, 0.3) is 5.56 Å². The van der Waals surface area contributed by atoms with Crippen molar-refractivity contribution in [2.75, 3.05) is 36.9 Å². The summed E-state index contributed by atoms with van der Waals surface area (Å²) < 4.78 is 3.35. The van der Waals surface area contributed by atoms with Gasteiger partial charge in [0.2, 0.25) is 0 Å². The van der Waals surface area contributed by atoms with Crippen LogP contribution in [0.2, 0.25) is 0 Å². The fraction of sp³-hybridized carbons (Fsp3) is 0.542. The maximum Gasteiger partial charge on any atom is 0.254 e. The van der Waals surface area contributed by atoms with Crippen molar-refractivity contribution in [2.45, 2.75) is 51.2 Å². The summed E-state index contributed by atoms with van der Waals surface area (Å²) in [5, 5.41) is 15.2. The molecule has 1 aliphatic heterocycles.